The third-order valence-corrected chi connectivity index (χ3v) is 3.70. The number of hydrogen-bond acceptors (Lipinski definition) is 2. The second kappa shape index (κ2) is 7.61. The molecule has 0 bridgehead atoms. The molecule has 3 aromatic carbocycles. The molecule has 0 saturated heterocycles. The largest absolute Gasteiger partial charge is 0.457 e. The van der Waals surface area contributed by atoms with Crippen LogP contribution >= 0.6 is 0 Å². The molecule has 0 spiro atoms. The molecule has 0 aliphatic rings. The van der Waals surface area contributed by atoms with Gasteiger partial charge in [-0.15, -0.1) is 0 Å². The molecule has 3 aromatic rings. The zero-order valence-corrected chi connectivity index (χ0v) is 13.3. The van der Waals surface area contributed by atoms with Gasteiger partial charge in [-0.25, -0.2) is 0 Å². The first-order valence-corrected chi connectivity index (χ1v) is 7.99. The standard InChI is InChI=1S/C21H21NO/c1-2-22-16-17-12-14-19(15-13-17)23-21-11-7-6-10-20(21)18-8-4-3-5-9-18/h3-15,22H,2,16H2,1H3. The maximum atomic E-state index is 6.10. The molecule has 116 valence electrons. The minimum atomic E-state index is 0.855. The third-order valence-electron chi connectivity index (χ3n) is 3.70. The number of nitrogens with one attached hydrogen (secondary N) is 1. The first kappa shape index (κ1) is 15.3. The summed E-state index contributed by atoms with van der Waals surface area (Å²) in [6.45, 7) is 3.97. The monoisotopic (exact) mass is 303 g/mol. The van der Waals surface area contributed by atoms with Crippen LogP contribution < -0.4 is 10.1 Å². The van der Waals surface area contributed by atoms with E-state index in [2.05, 4.69) is 42.6 Å². The van der Waals surface area contributed by atoms with Gasteiger partial charge in [0.2, 0.25) is 0 Å². The van der Waals surface area contributed by atoms with Gasteiger partial charge >= 0.3 is 0 Å². The lowest BCUT2D eigenvalue weighted by molar-refractivity contribution is 0.484. The molecule has 3 rings (SSSR count). The Balaban J connectivity index is 1.81. The topological polar surface area (TPSA) is 21.3 Å². The van der Waals surface area contributed by atoms with Crippen molar-refractivity contribution in [3.63, 3.8) is 0 Å². The highest BCUT2D eigenvalue weighted by atomic mass is 16.5. The van der Waals surface area contributed by atoms with E-state index in [1.165, 1.54) is 5.56 Å². The van der Waals surface area contributed by atoms with Crippen molar-refractivity contribution < 1.29 is 4.74 Å². The smallest absolute Gasteiger partial charge is 0.135 e. The fourth-order valence-electron chi connectivity index (χ4n) is 2.48. The average molecular weight is 303 g/mol. The molecule has 23 heavy (non-hydrogen) atoms. The van der Waals surface area contributed by atoms with Crippen LogP contribution in [-0.4, -0.2) is 6.54 Å². The van der Waals surface area contributed by atoms with Crippen molar-refractivity contribution in [1.29, 1.82) is 0 Å². The lowest BCUT2D eigenvalue weighted by Gasteiger charge is -2.12. The van der Waals surface area contributed by atoms with Gasteiger partial charge in [0.05, 0.1) is 0 Å². The van der Waals surface area contributed by atoms with Crippen molar-refractivity contribution in [2.24, 2.45) is 0 Å². The number of benzene rings is 3. The summed E-state index contributed by atoms with van der Waals surface area (Å²) in [5.74, 6) is 1.73. The maximum absolute atomic E-state index is 6.10. The minimum Gasteiger partial charge on any atom is -0.457 e. The summed E-state index contributed by atoms with van der Waals surface area (Å²) >= 11 is 0. The van der Waals surface area contributed by atoms with Crippen LogP contribution in [0.25, 0.3) is 11.1 Å². The van der Waals surface area contributed by atoms with E-state index in [9.17, 15) is 0 Å². The molecule has 0 saturated carbocycles. The maximum Gasteiger partial charge on any atom is 0.135 e. The molecule has 0 aromatic heterocycles. The van der Waals surface area contributed by atoms with E-state index in [0.717, 1.165) is 35.7 Å². The molecule has 0 radical (unpaired) electrons. The van der Waals surface area contributed by atoms with Crippen LogP contribution in [0.2, 0.25) is 0 Å². The van der Waals surface area contributed by atoms with Gasteiger partial charge in [-0.1, -0.05) is 67.6 Å². The summed E-state index contributed by atoms with van der Waals surface area (Å²) in [6, 6.07) is 26.7. The molecule has 0 aliphatic heterocycles. The summed E-state index contributed by atoms with van der Waals surface area (Å²) in [5, 5.41) is 3.32. The number of rotatable bonds is 6. The molecular weight excluding hydrogens is 282 g/mol. The Hall–Kier alpha value is -2.58. The zero-order valence-electron chi connectivity index (χ0n) is 13.3. The van der Waals surface area contributed by atoms with Gasteiger partial charge in [-0.3, -0.25) is 0 Å². The SMILES string of the molecule is CCNCc1ccc(Oc2ccccc2-c2ccccc2)cc1. The van der Waals surface area contributed by atoms with Crippen LogP contribution in [0.5, 0.6) is 11.5 Å². The van der Waals surface area contributed by atoms with Gasteiger partial charge in [0.25, 0.3) is 0 Å². The lowest BCUT2D eigenvalue weighted by Crippen LogP contribution is -2.11. The summed E-state index contributed by atoms with van der Waals surface area (Å²) in [7, 11) is 0. The van der Waals surface area contributed by atoms with Crippen LogP contribution in [0.3, 0.4) is 0 Å². The number of para-hydroxylation sites is 1. The Labute approximate surface area is 137 Å². The number of ether oxygens (including phenoxy) is 1. The Bertz CT molecular complexity index is 735. The van der Waals surface area contributed by atoms with Crippen LogP contribution in [0.15, 0.2) is 78.9 Å². The third kappa shape index (κ3) is 3.99. The van der Waals surface area contributed by atoms with Crippen molar-refractivity contribution in [3.8, 4) is 22.6 Å². The van der Waals surface area contributed by atoms with Crippen molar-refractivity contribution in [3.05, 3.63) is 84.4 Å². The van der Waals surface area contributed by atoms with Crippen LogP contribution in [0.1, 0.15) is 12.5 Å². The molecule has 1 N–H and O–H groups in total. The summed E-state index contributed by atoms with van der Waals surface area (Å²) < 4.78 is 6.10. The van der Waals surface area contributed by atoms with Crippen LogP contribution in [0.4, 0.5) is 0 Å². The van der Waals surface area contributed by atoms with Gasteiger partial charge in [0.15, 0.2) is 0 Å². The van der Waals surface area contributed by atoms with Crippen molar-refractivity contribution in [2.45, 2.75) is 13.5 Å². The highest BCUT2D eigenvalue weighted by Gasteiger charge is 2.06. The quantitative estimate of drug-likeness (QED) is 0.671. The van der Waals surface area contributed by atoms with E-state index in [4.69, 9.17) is 4.74 Å². The molecule has 2 nitrogen and oxygen atoms in total. The van der Waals surface area contributed by atoms with E-state index in [0.29, 0.717) is 0 Å². The lowest BCUT2D eigenvalue weighted by atomic mass is 10.0. The first-order valence-electron chi connectivity index (χ1n) is 7.99. The predicted molar refractivity (Wildman–Crippen MR) is 95.8 cm³/mol. The molecule has 0 aliphatic carbocycles. The van der Waals surface area contributed by atoms with Gasteiger partial charge in [0.1, 0.15) is 11.5 Å². The highest BCUT2D eigenvalue weighted by Crippen LogP contribution is 2.33. The molecular formula is C21H21NO. The van der Waals surface area contributed by atoms with Crippen LogP contribution in [-0.2, 0) is 6.54 Å². The summed E-state index contributed by atoms with van der Waals surface area (Å²) in [6.07, 6.45) is 0. The van der Waals surface area contributed by atoms with Gasteiger partial charge in [-0.2, -0.15) is 0 Å². The minimum absolute atomic E-state index is 0.855. The van der Waals surface area contributed by atoms with E-state index >= 15 is 0 Å². The average Bonchev–Trinajstić information content (AvgIpc) is 2.62. The van der Waals surface area contributed by atoms with E-state index in [1.807, 2.05) is 48.5 Å². The summed E-state index contributed by atoms with van der Waals surface area (Å²) in [4.78, 5) is 0. The molecule has 0 atom stereocenters. The zero-order chi connectivity index (χ0) is 15.9. The molecule has 0 unspecified atom stereocenters. The fourth-order valence-corrected chi connectivity index (χ4v) is 2.48. The van der Waals surface area contributed by atoms with E-state index in [1.54, 1.807) is 0 Å². The number of hydrogen-bond donors (Lipinski definition) is 1. The molecule has 0 heterocycles. The van der Waals surface area contributed by atoms with Gasteiger partial charge in [0, 0.05) is 12.1 Å². The molecule has 0 amide bonds. The van der Waals surface area contributed by atoms with Crippen molar-refractivity contribution in [1.82, 2.24) is 5.32 Å². The van der Waals surface area contributed by atoms with Gasteiger partial charge < -0.3 is 10.1 Å². The van der Waals surface area contributed by atoms with Crippen molar-refractivity contribution >= 4 is 0 Å². The Morgan fingerprint density at radius 1 is 0.783 bits per heavy atom. The Morgan fingerprint density at radius 3 is 2.22 bits per heavy atom. The summed E-state index contributed by atoms with van der Waals surface area (Å²) in [5.41, 5.74) is 3.52. The van der Waals surface area contributed by atoms with Crippen molar-refractivity contribution in [2.75, 3.05) is 6.54 Å². The van der Waals surface area contributed by atoms with E-state index < -0.39 is 0 Å². The molecule has 2 heteroatoms. The van der Waals surface area contributed by atoms with Crippen LogP contribution in [0, 0.1) is 0 Å². The predicted octanol–water partition coefficient (Wildman–Crippen LogP) is 5.26. The fraction of sp³-hybridized carbons (Fsp3) is 0.143. The van der Waals surface area contributed by atoms with Gasteiger partial charge in [-0.05, 0) is 35.9 Å². The Morgan fingerprint density at radius 2 is 1.48 bits per heavy atom. The Kier molecular flexibility index (Phi) is 5.07. The first-order chi connectivity index (χ1) is 11.4. The normalized spacial score (nSPS) is 10.5. The second-order valence-electron chi connectivity index (χ2n) is 5.39. The molecule has 0 fully saturated rings. The second-order valence-corrected chi connectivity index (χ2v) is 5.39. The highest BCUT2D eigenvalue weighted by molar-refractivity contribution is 5.70. The van der Waals surface area contributed by atoms with E-state index in [-0.39, 0.29) is 0 Å².